The van der Waals surface area contributed by atoms with E-state index in [1.165, 1.54) is 10.6 Å². The number of hydrogen-bond donors (Lipinski definition) is 1. The van der Waals surface area contributed by atoms with Crippen molar-refractivity contribution in [1.29, 1.82) is 0 Å². The summed E-state index contributed by atoms with van der Waals surface area (Å²) in [4.78, 5) is 18.0. The molecule has 2 aliphatic rings. The van der Waals surface area contributed by atoms with Crippen molar-refractivity contribution in [3.05, 3.63) is 38.8 Å². The van der Waals surface area contributed by atoms with Crippen LogP contribution in [0.4, 0.5) is 5.13 Å². The van der Waals surface area contributed by atoms with Gasteiger partial charge < -0.3 is 10.1 Å². The fourth-order valence-electron chi connectivity index (χ4n) is 3.51. The minimum Gasteiger partial charge on any atom is -0.375 e. The second-order valence-electron chi connectivity index (χ2n) is 6.60. The second-order valence-corrected chi connectivity index (χ2v) is 7.68. The van der Waals surface area contributed by atoms with E-state index in [9.17, 15) is 4.79 Å². The van der Waals surface area contributed by atoms with Crippen LogP contribution in [0.3, 0.4) is 0 Å². The Morgan fingerprint density at radius 2 is 2.12 bits per heavy atom. The third-order valence-electron chi connectivity index (χ3n) is 4.82. The highest BCUT2D eigenvalue weighted by molar-refractivity contribution is 7.15. The molecule has 0 atom stereocenters. The number of rotatable bonds is 3. The lowest BCUT2D eigenvalue weighted by molar-refractivity contribution is 0.112. The molecule has 2 aromatic heterocycles. The molecule has 0 amide bonds. The summed E-state index contributed by atoms with van der Waals surface area (Å²) in [5.41, 5.74) is 2.09. The van der Waals surface area contributed by atoms with E-state index in [1.54, 1.807) is 28.2 Å². The molecule has 3 heterocycles. The van der Waals surface area contributed by atoms with Gasteiger partial charge in [0.1, 0.15) is 0 Å². The van der Waals surface area contributed by atoms with Gasteiger partial charge in [0.25, 0.3) is 5.56 Å². The van der Waals surface area contributed by atoms with Gasteiger partial charge in [0.05, 0.1) is 35.5 Å². The van der Waals surface area contributed by atoms with Gasteiger partial charge >= 0.3 is 0 Å². The standard InChI is InChI=1S/C17H22N4O2S/c1-11-2-7-16(22)21(20-11)13-5-3-12(4-6-13)18-17-19-14-8-9-23-10-15(14)24-17/h2,7,12-13H,3-6,8-10H2,1H3,(H,18,19). The first-order chi connectivity index (χ1) is 11.7. The SMILES string of the molecule is Cc1ccc(=O)n(C2CCC(Nc3nc4c(s3)COCC4)CC2)n1. The summed E-state index contributed by atoms with van der Waals surface area (Å²) in [6, 6.07) is 4.04. The Bertz CT molecular complexity index is 754. The van der Waals surface area contributed by atoms with Crippen LogP contribution in [0.5, 0.6) is 0 Å². The maximum absolute atomic E-state index is 12.0. The molecule has 1 saturated carbocycles. The van der Waals surface area contributed by atoms with Crippen molar-refractivity contribution < 1.29 is 4.74 Å². The van der Waals surface area contributed by atoms with Gasteiger partial charge in [0, 0.05) is 18.5 Å². The van der Waals surface area contributed by atoms with Crippen molar-refractivity contribution in [1.82, 2.24) is 14.8 Å². The molecule has 24 heavy (non-hydrogen) atoms. The summed E-state index contributed by atoms with van der Waals surface area (Å²) < 4.78 is 7.16. The molecule has 4 rings (SSSR count). The number of ether oxygens (including phenoxy) is 1. The Kier molecular flexibility index (Phi) is 4.37. The average molecular weight is 346 g/mol. The number of hydrogen-bond acceptors (Lipinski definition) is 6. The number of aromatic nitrogens is 3. The summed E-state index contributed by atoms with van der Waals surface area (Å²) in [5, 5.41) is 9.00. The highest BCUT2D eigenvalue weighted by Gasteiger charge is 2.25. The lowest BCUT2D eigenvalue weighted by Gasteiger charge is -2.29. The molecule has 1 N–H and O–H groups in total. The first-order valence-corrected chi connectivity index (χ1v) is 9.40. The molecule has 2 aromatic rings. The Hall–Kier alpha value is -1.73. The topological polar surface area (TPSA) is 69.0 Å². The minimum atomic E-state index is 0.00427. The van der Waals surface area contributed by atoms with Gasteiger partial charge in [-0.2, -0.15) is 5.10 Å². The van der Waals surface area contributed by atoms with Crippen LogP contribution in [0.15, 0.2) is 16.9 Å². The molecule has 128 valence electrons. The van der Waals surface area contributed by atoms with Crippen LogP contribution in [0.25, 0.3) is 0 Å². The van der Waals surface area contributed by atoms with Crippen LogP contribution in [0.1, 0.15) is 48.0 Å². The fourth-order valence-corrected chi connectivity index (χ4v) is 4.53. The third kappa shape index (κ3) is 3.23. The van der Waals surface area contributed by atoms with E-state index in [2.05, 4.69) is 10.4 Å². The molecule has 6 nitrogen and oxygen atoms in total. The largest absolute Gasteiger partial charge is 0.375 e. The molecule has 1 fully saturated rings. The predicted molar refractivity (Wildman–Crippen MR) is 93.6 cm³/mol. The Morgan fingerprint density at radius 1 is 1.29 bits per heavy atom. The maximum atomic E-state index is 12.0. The van der Waals surface area contributed by atoms with Gasteiger partial charge in [0.2, 0.25) is 0 Å². The number of anilines is 1. The van der Waals surface area contributed by atoms with Crippen LogP contribution in [-0.2, 0) is 17.8 Å². The van der Waals surface area contributed by atoms with E-state index >= 15 is 0 Å². The first kappa shape index (κ1) is 15.8. The van der Waals surface area contributed by atoms with Gasteiger partial charge in [-0.15, -0.1) is 0 Å². The monoisotopic (exact) mass is 346 g/mol. The molecule has 7 heteroatoms. The average Bonchev–Trinajstić information content (AvgIpc) is 3.00. The van der Waals surface area contributed by atoms with Crippen LogP contribution in [0, 0.1) is 6.92 Å². The number of aryl methyl sites for hydroxylation is 1. The van der Waals surface area contributed by atoms with Crippen molar-refractivity contribution >= 4 is 16.5 Å². The van der Waals surface area contributed by atoms with Crippen LogP contribution in [-0.4, -0.2) is 27.4 Å². The van der Waals surface area contributed by atoms with E-state index in [1.807, 2.05) is 6.92 Å². The zero-order valence-electron chi connectivity index (χ0n) is 13.8. The molecular formula is C17H22N4O2S. The van der Waals surface area contributed by atoms with Crippen molar-refractivity contribution in [2.45, 2.75) is 57.7 Å². The van der Waals surface area contributed by atoms with Gasteiger partial charge in [0.15, 0.2) is 5.13 Å². The molecule has 0 radical (unpaired) electrons. The van der Waals surface area contributed by atoms with Gasteiger partial charge in [-0.05, 0) is 38.7 Å². The summed E-state index contributed by atoms with van der Waals surface area (Å²) in [5.74, 6) is 0. The fraction of sp³-hybridized carbons (Fsp3) is 0.588. The Balaban J connectivity index is 1.38. The summed E-state index contributed by atoms with van der Waals surface area (Å²) in [6.07, 6.45) is 4.94. The van der Waals surface area contributed by atoms with Gasteiger partial charge in [-0.3, -0.25) is 4.79 Å². The van der Waals surface area contributed by atoms with E-state index in [0.717, 1.165) is 49.5 Å². The number of nitrogens with one attached hydrogen (secondary N) is 1. The maximum Gasteiger partial charge on any atom is 0.267 e. The number of nitrogens with zero attached hydrogens (tertiary/aromatic N) is 3. The third-order valence-corrected chi connectivity index (χ3v) is 5.83. The van der Waals surface area contributed by atoms with Crippen molar-refractivity contribution in [3.63, 3.8) is 0 Å². The van der Waals surface area contributed by atoms with Crippen LogP contribution in [0.2, 0.25) is 0 Å². The normalized spacial score (nSPS) is 23.7. The lowest BCUT2D eigenvalue weighted by atomic mass is 9.91. The van der Waals surface area contributed by atoms with Crippen molar-refractivity contribution in [2.24, 2.45) is 0 Å². The summed E-state index contributed by atoms with van der Waals surface area (Å²) >= 11 is 1.72. The van der Waals surface area contributed by atoms with Crippen molar-refractivity contribution in [2.75, 3.05) is 11.9 Å². The van der Waals surface area contributed by atoms with Gasteiger partial charge in [-0.1, -0.05) is 11.3 Å². The van der Waals surface area contributed by atoms with E-state index in [0.29, 0.717) is 12.6 Å². The predicted octanol–water partition coefficient (Wildman–Crippen LogP) is 2.68. The van der Waals surface area contributed by atoms with Crippen LogP contribution < -0.4 is 10.9 Å². The highest BCUT2D eigenvalue weighted by Crippen LogP contribution is 2.32. The molecule has 0 unspecified atom stereocenters. The summed E-state index contributed by atoms with van der Waals surface area (Å²) in [7, 11) is 0. The molecule has 0 spiro atoms. The number of fused-ring (bicyclic) bond motifs is 1. The highest BCUT2D eigenvalue weighted by atomic mass is 32.1. The molecule has 1 aliphatic heterocycles. The molecule has 1 aliphatic carbocycles. The van der Waals surface area contributed by atoms with Crippen molar-refractivity contribution in [3.8, 4) is 0 Å². The zero-order valence-corrected chi connectivity index (χ0v) is 14.6. The number of thiazole rings is 1. The molecule has 0 bridgehead atoms. The molecular weight excluding hydrogens is 324 g/mol. The van der Waals surface area contributed by atoms with Crippen LogP contribution >= 0.6 is 11.3 Å². The smallest absolute Gasteiger partial charge is 0.267 e. The van der Waals surface area contributed by atoms with E-state index < -0.39 is 0 Å². The summed E-state index contributed by atoms with van der Waals surface area (Å²) in [6.45, 7) is 3.40. The second kappa shape index (κ2) is 6.64. The van der Waals surface area contributed by atoms with Gasteiger partial charge in [-0.25, -0.2) is 9.67 Å². The van der Waals surface area contributed by atoms with E-state index in [4.69, 9.17) is 9.72 Å². The molecule has 0 saturated heterocycles. The Morgan fingerprint density at radius 3 is 2.92 bits per heavy atom. The lowest BCUT2D eigenvalue weighted by Crippen LogP contribution is -2.33. The zero-order chi connectivity index (χ0) is 16.5. The minimum absolute atomic E-state index is 0.00427. The van der Waals surface area contributed by atoms with E-state index in [-0.39, 0.29) is 11.6 Å². The first-order valence-electron chi connectivity index (χ1n) is 8.58. The quantitative estimate of drug-likeness (QED) is 0.925. The molecule has 0 aromatic carbocycles. The Labute approximate surface area is 144 Å².